The van der Waals surface area contributed by atoms with Crippen LogP contribution in [0.15, 0.2) is 0 Å². The van der Waals surface area contributed by atoms with Gasteiger partial charge in [-0.05, 0) is 43.1 Å². The maximum atomic E-state index is 13.0. The standard InChI is InChI=1S/C21H38N4O7S/c1-11(2)10-15(20(30)25-17(12(3)4)21(31)32)24-19(29)14(8-9-33-5)23-18(28)13(22)6-7-16(26)27/h11-15,17H,6-10,22H2,1-5H3,(H,23,28)(H,24,29)(H,25,30)(H,26,27)(H,31,32). The highest BCUT2D eigenvalue weighted by atomic mass is 32.2. The Morgan fingerprint density at radius 2 is 1.39 bits per heavy atom. The molecule has 0 radical (unpaired) electrons. The van der Waals surface area contributed by atoms with E-state index in [2.05, 4.69) is 16.0 Å². The molecule has 0 saturated carbocycles. The molecule has 0 aromatic heterocycles. The van der Waals surface area contributed by atoms with Gasteiger partial charge in [-0.2, -0.15) is 11.8 Å². The minimum absolute atomic E-state index is 0.0204. The Labute approximate surface area is 199 Å². The van der Waals surface area contributed by atoms with E-state index in [1.165, 1.54) is 11.8 Å². The van der Waals surface area contributed by atoms with Crippen molar-refractivity contribution in [2.45, 2.75) is 77.5 Å². The third-order valence-electron chi connectivity index (χ3n) is 4.82. The Bertz CT molecular complexity index is 688. The van der Waals surface area contributed by atoms with Crippen LogP contribution in [0.2, 0.25) is 0 Å². The quantitative estimate of drug-likeness (QED) is 0.175. The molecule has 3 amide bonds. The van der Waals surface area contributed by atoms with Crippen LogP contribution in [-0.2, 0) is 24.0 Å². The molecule has 190 valence electrons. The first-order valence-electron chi connectivity index (χ1n) is 10.9. The Morgan fingerprint density at radius 3 is 1.85 bits per heavy atom. The molecule has 0 aliphatic carbocycles. The fraction of sp³-hybridized carbons (Fsp3) is 0.762. The summed E-state index contributed by atoms with van der Waals surface area (Å²) in [5.41, 5.74) is 5.74. The van der Waals surface area contributed by atoms with Gasteiger partial charge in [-0.1, -0.05) is 27.7 Å². The summed E-state index contributed by atoms with van der Waals surface area (Å²) in [6.07, 6.45) is 2.01. The lowest BCUT2D eigenvalue weighted by atomic mass is 10.00. The number of hydrogen-bond donors (Lipinski definition) is 6. The number of carboxylic acids is 2. The molecule has 11 nitrogen and oxygen atoms in total. The molecule has 0 heterocycles. The zero-order valence-corrected chi connectivity index (χ0v) is 20.7. The summed E-state index contributed by atoms with van der Waals surface area (Å²) >= 11 is 1.46. The van der Waals surface area contributed by atoms with Crippen LogP contribution >= 0.6 is 11.8 Å². The van der Waals surface area contributed by atoms with E-state index >= 15 is 0 Å². The van der Waals surface area contributed by atoms with Crippen LogP contribution in [0, 0.1) is 11.8 Å². The van der Waals surface area contributed by atoms with Gasteiger partial charge in [-0.25, -0.2) is 4.79 Å². The molecular weight excluding hydrogens is 452 g/mol. The van der Waals surface area contributed by atoms with Gasteiger partial charge in [0.05, 0.1) is 6.04 Å². The van der Waals surface area contributed by atoms with E-state index in [0.29, 0.717) is 5.75 Å². The Kier molecular flexibility index (Phi) is 14.4. The van der Waals surface area contributed by atoms with Crippen molar-refractivity contribution in [1.29, 1.82) is 0 Å². The molecule has 0 spiro atoms. The SMILES string of the molecule is CSCCC(NC(=O)C(N)CCC(=O)O)C(=O)NC(CC(C)C)C(=O)NC(C(=O)O)C(C)C. The molecule has 0 saturated heterocycles. The van der Waals surface area contributed by atoms with E-state index in [1.807, 2.05) is 20.1 Å². The number of hydrogen-bond acceptors (Lipinski definition) is 7. The molecular formula is C21H38N4O7S. The van der Waals surface area contributed by atoms with Gasteiger partial charge in [0.2, 0.25) is 17.7 Å². The maximum Gasteiger partial charge on any atom is 0.326 e. The zero-order valence-electron chi connectivity index (χ0n) is 19.9. The van der Waals surface area contributed by atoms with Gasteiger partial charge in [0.15, 0.2) is 0 Å². The van der Waals surface area contributed by atoms with E-state index in [0.717, 1.165) is 0 Å². The fourth-order valence-electron chi connectivity index (χ4n) is 2.94. The summed E-state index contributed by atoms with van der Waals surface area (Å²) in [6.45, 7) is 7.05. The van der Waals surface area contributed by atoms with Crippen molar-refractivity contribution in [3.05, 3.63) is 0 Å². The van der Waals surface area contributed by atoms with Crippen LogP contribution in [0.4, 0.5) is 0 Å². The van der Waals surface area contributed by atoms with Crippen LogP contribution < -0.4 is 21.7 Å². The molecule has 0 fully saturated rings. The van der Waals surface area contributed by atoms with Crippen LogP contribution in [0.25, 0.3) is 0 Å². The topological polar surface area (TPSA) is 188 Å². The Morgan fingerprint density at radius 1 is 0.848 bits per heavy atom. The van der Waals surface area contributed by atoms with Crippen LogP contribution in [0.3, 0.4) is 0 Å². The number of carboxylic acid groups (broad SMARTS) is 2. The third-order valence-corrected chi connectivity index (χ3v) is 5.46. The lowest BCUT2D eigenvalue weighted by molar-refractivity contribution is -0.143. The third kappa shape index (κ3) is 12.5. The van der Waals surface area contributed by atoms with Gasteiger partial charge in [-0.3, -0.25) is 19.2 Å². The molecule has 4 unspecified atom stereocenters. The minimum Gasteiger partial charge on any atom is -0.481 e. The fourth-order valence-corrected chi connectivity index (χ4v) is 3.41. The number of carbonyl (C=O) groups is 5. The first kappa shape index (κ1) is 30.7. The number of amides is 3. The summed E-state index contributed by atoms with van der Waals surface area (Å²) in [4.78, 5) is 60.3. The van der Waals surface area contributed by atoms with Crippen LogP contribution in [0.5, 0.6) is 0 Å². The highest BCUT2D eigenvalue weighted by Gasteiger charge is 2.31. The molecule has 0 bridgehead atoms. The summed E-state index contributed by atoms with van der Waals surface area (Å²) in [5.74, 6) is -3.93. The van der Waals surface area contributed by atoms with E-state index in [4.69, 9.17) is 10.8 Å². The van der Waals surface area contributed by atoms with Crippen molar-refractivity contribution in [3.8, 4) is 0 Å². The number of aliphatic carboxylic acids is 2. The number of nitrogens with two attached hydrogens (primary N) is 1. The number of thioether (sulfide) groups is 1. The van der Waals surface area contributed by atoms with E-state index in [-0.39, 0.29) is 37.5 Å². The van der Waals surface area contributed by atoms with Gasteiger partial charge in [0.25, 0.3) is 0 Å². The van der Waals surface area contributed by atoms with Gasteiger partial charge < -0.3 is 31.9 Å². The summed E-state index contributed by atoms with van der Waals surface area (Å²) < 4.78 is 0. The molecule has 0 rings (SSSR count). The van der Waals surface area contributed by atoms with Gasteiger partial charge >= 0.3 is 11.9 Å². The van der Waals surface area contributed by atoms with Crippen LogP contribution in [-0.4, -0.2) is 76.0 Å². The summed E-state index contributed by atoms with van der Waals surface area (Å²) in [6, 6.07) is -4.18. The van der Waals surface area contributed by atoms with Gasteiger partial charge in [-0.15, -0.1) is 0 Å². The second-order valence-electron chi connectivity index (χ2n) is 8.64. The average Bonchev–Trinajstić information content (AvgIpc) is 2.71. The van der Waals surface area contributed by atoms with Crippen molar-refractivity contribution < 1.29 is 34.2 Å². The van der Waals surface area contributed by atoms with Crippen molar-refractivity contribution in [2.75, 3.05) is 12.0 Å². The van der Waals surface area contributed by atoms with E-state index in [1.54, 1.807) is 13.8 Å². The van der Waals surface area contributed by atoms with E-state index in [9.17, 15) is 29.1 Å². The lowest BCUT2D eigenvalue weighted by Gasteiger charge is -2.26. The first-order valence-corrected chi connectivity index (χ1v) is 12.3. The maximum absolute atomic E-state index is 13.0. The highest BCUT2D eigenvalue weighted by Crippen LogP contribution is 2.10. The number of carbonyl (C=O) groups excluding carboxylic acids is 3. The largest absolute Gasteiger partial charge is 0.481 e. The molecule has 0 aliphatic rings. The monoisotopic (exact) mass is 490 g/mol. The second kappa shape index (κ2) is 15.5. The Hall–Kier alpha value is -2.34. The van der Waals surface area contributed by atoms with Crippen molar-refractivity contribution in [3.63, 3.8) is 0 Å². The molecule has 33 heavy (non-hydrogen) atoms. The normalized spacial score (nSPS) is 14.8. The van der Waals surface area contributed by atoms with Gasteiger partial charge in [0, 0.05) is 6.42 Å². The number of nitrogens with one attached hydrogen (secondary N) is 3. The van der Waals surface area contributed by atoms with Gasteiger partial charge in [0.1, 0.15) is 18.1 Å². The molecule has 4 atom stereocenters. The summed E-state index contributed by atoms with van der Waals surface area (Å²) in [5, 5.41) is 25.8. The second-order valence-corrected chi connectivity index (χ2v) is 9.63. The lowest BCUT2D eigenvalue weighted by Crippen LogP contribution is -2.58. The minimum atomic E-state index is -1.17. The molecule has 7 N–H and O–H groups in total. The predicted octanol–water partition coefficient (Wildman–Crippen LogP) is 0.173. The van der Waals surface area contributed by atoms with Crippen molar-refractivity contribution in [2.24, 2.45) is 17.6 Å². The molecule has 0 aliphatic heterocycles. The zero-order chi connectivity index (χ0) is 25.7. The average molecular weight is 491 g/mol. The molecule has 0 aromatic carbocycles. The molecule has 0 aromatic rings. The predicted molar refractivity (Wildman–Crippen MR) is 126 cm³/mol. The van der Waals surface area contributed by atoms with Crippen molar-refractivity contribution >= 4 is 41.4 Å². The molecule has 12 heteroatoms. The number of rotatable bonds is 16. The van der Waals surface area contributed by atoms with E-state index < -0.39 is 53.8 Å². The first-order chi connectivity index (χ1) is 15.3. The van der Waals surface area contributed by atoms with Crippen molar-refractivity contribution in [1.82, 2.24) is 16.0 Å². The highest BCUT2D eigenvalue weighted by molar-refractivity contribution is 7.98. The smallest absolute Gasteiger partial charge is 0.326 e. The summed E-state index contributed by atoms with van der Waals surface area (Å²) in [7, 11) is 0. The Balaban J connectivity index is 5.42. The van der Waals surface area contributed by atoms with Crippen LogP contribution in [0.1, 0.15) is 53.4 Å².